The molecular formula is C25H44O5S2. The number of Topliss-reactive ketones (excluding diaryl/α,β-unsaturated/α-hetero) is 2. The first-order chi connectivity index (χ1) is 15.0. The number of fused-ring (bicyclic) bond motifs is 2. The van der Waals surface area contributed by atoms with Crippen LogP contribution in [0.2, 0.25) is 0 Å². The summed E-state index contributed by atoms with van der Waals surface area (Å²) < 4.78 is 32.7. The van der Waals surface area contributed by atoms with Crippen molar-refractivity contribution in [2.75, 3.05) is 23.0 Å². The van der Waals surface area contributed by atoms with Crippen molar-refractivity contribution < 1.29 is 22.6 Å². The Bertz CT molecular complexity index is 731. The predicted octanol–water partition coefficient (Wildman–Crippen LogP) is 4.89. The second kappa shape index (κ2) is 11.8. The number of carbonyl (C=O) groups is 2. The van der Waals surface area contributed by atoms with Gasteiger partial charge < -0.3 is 4.55 Å². The van der Waals surface area contributed by atoms with E-state index in [9.17, 15) is 22.6 Å². The molecule has 186 valence electrons. The molecule has 3 aliphatic rings. The van der Waals surface area contributed by atoms with Crippen molar-refractivity contribution in [2.45, 2.75) is 98.3 Å². The van der Waals surface area contributed by atoms with E-state index in [0.717, 1.165) is 12.2 Å². The number of hydrogen-bond acceptors (Lipinski definition) is 5. The van der Waals surface area contributed by atoms with Gasteiger partial charge in [0, 0.05) is 17.8 Å². The molecule has 0 aliphatic heterocycles. The van der Waals surface area contributed by atoms with E-state index in [1.807, 2.05) is 13.8 Å². The van der Waals surface area contributed by atoms with Crippen LogP contribution in [-0.2, 0) is 30.6 Å². The fourth-order valence-corrected chi connectivity index (χ4v) is 9.73. The van der Waals surface area contributed by atoms with Gasteiger partial charge in [-0.1, -0.05) is 53.4 Å². The first-order valence-electron chi connectivity index (χ1n) is 12.6. The fraction of sp³-hybridized carbons (Fsp3) is 0.920. The first-order valence-corrected chi connectivity index (χ1v) is 15.9. The number of hydrogen-bond donors (Lipinski definition) is 0. The van der Waals surface area contributed by atoms with Gasteiger partial charge in [-0.05, 0) is 60.8 Å². The summed E-state index contributed by atoms with van der Waals surface area (Å²) in [5, 5.41) is 0. The third-order valence-corrected chi connectivity index (χ3v) is 11.6. The van der Waals surface area contributed by atoms with Gasteiger partial charge >= 0.3 is 0 Å². The molecule has 3 rings (SSSR count). The summed E-state index contributed by atoms with van der Waals surface area (Å²) in [6.45, 7) is 8.34. The minimum atomic E-state index is -4.33. The van der Waals surface area contributed by atoms with Crippen LogP contribution in [0.3, 0.4) is 0 Å². The Morgan fingerprint density at radius 2 is 1.62 bits per heavy atom. The maximum atomic E-state index is 12.2. The van der Waals surface area contributed by atoms with Gasteiger partial charge in [-0.2, -0.15) is 0 Å². The highest BCUT2D eigenvalue weighted by atomic mass is 32.2. The average Bonchev–Trinajstić information content (AvgIpc) is 3.36. The maximum Gasteiger partial charge on any atom is 0.184 e. The van der Waals surface area contributed by atoms with Crippen LogP contribution in [0, 0.1) is 22.7 Å². The molecule has 2 unspecified atom stereocenters. The third kappa shape index (κ3) is 6.82. The molecule has 2 atom stereocenters. The minimum absolute atomic E-state index is 0.0248. The molecule has 0 saturated heterocycles. The van der Waals surface area contributed by atoms with Gasteiger partial charge in [0.1, 0.15) is 17.3 Å². The standard InChI is InChI=1S/C15H29OS.C10H16O4S/c1-3-5-11-17(12-6-4-2)13-15(16)14-9-7-8-10-14;1-9(2)7-3-4-10(9,8(11)5-7)6-15(12,13)14/h14H,3-13H2,1-2H3;7H,3-6H2,1-2H3,(H,12,13,14)/q+1;/p-1. The Morgan fingerprint density at radius 3 is 2.03 bits per heavy atom. The molecule has 0 N–H and O–H groups in total. The molecule has 3 saturated carbocycles. The monoisotopic (exact) mass is 488 g/mol. The molecule has 2 bridgehead atoms. The molecule has 3 aliphatic carbocycles. The zero-order valence-corrected chi connectivity index (χ0v) is 22.3. The Labute approximate surface area is 199 Å². The van der Waals surface area contributed by atoms with Crippen molar-refractivity contribution in [1.82, 2.24) is 0 Å². The van der Waals surface area contributed by atoms with Crippen molar-refractivity contribution in [1.29, 1.82) is 0 Å². The first kappa shape index (κ1) is 27.8. The van der Waals surface area contributed by atoms with Crippen LogP contribution in [0.15, 0.2) is 0 Å². The molecular weight excluding hydrogens is 444 g/mol. The third-order valence-electron chi connectivity index (χ3n) is 8.29. The lowest BCUT2D eigenvalue weighted by atomic mass is 9.70. The van der Waals surface area contributed by atoms with E-state index in [2.05, 4.69) is 13.8 Å². The summed E-state index contributed by atoms with van der Waals surface area (Å²) in [4.78, 5) is 24.0. The maximum absolute atomic E-state index is 12.2. The highest BCUT2D eigenvalue weighted by Gasteiger charge is 2.64. The van der Waals surface area contributed by atoms with Crippen molar-refractivity contribution in [3.63, 3.8) is 0 Å². The summed E-state index contributed by atoms with van der Waals surface area (Å²) in [6, 6.07) is 0. The van der Waals surface area contributed by atoms with Gasteiger partial charge in [0.05, 0.1) is 15.9 Å². The van der Waals surface area contributed by atoms with Crippen molar-refractivity contribution in [2.24, 2.45) is 22.7 Å². The second-order valence-electron chi connectivity index (χ2n) is 10.7. The van der Waals surface area contributed by atoms with Crippen LogP contribution in [0.4, 0.5) is 0 Å². The molecule has 0 aromatic carbocycles. The van der Waals surface area contributed by atoms with E-state index in [1.54, 1.807) is 0 Å². The summed E-state index contributed by atoms with van der Waals surface area (Å²) in [5.41, 5.74) is -1.22. The minimum Gasteiger partial charge on any atom is -0.748 e. The molecule has 0 aromatic heterocycles. The Morgan fingerprint density at radius 1 is 1.06 bits per heavy atom. The normalized spacial score (nSPS) is 27.1. The van der Waals surface area contributed by atoms with E-state index in [4.69, 9.17) is 0 Å². The van der Waals surface area contributed by atoms with Crippen LogP contribution in [-0.4, -0.2) is 47.5 Å². The largest absolute Gasteiger partial charge is 0.748 e. The van der Waals surface area contributed by atoms with Crippen LogP contribution in [0.1, 0.15) is 98.3 Å². The van der Waals surface area contributed by atoms with Gasteiger partial charge in [-0.15, -0.1) is 0 Å². The lowest BCUT2D eigenvalue weighted by molar-refractivity contribution is -0.128. The lowest BCUT2D eigenvalue weighted by Gasteiger charge is -2.37. The summed E-state index contributed by atoms with van der Waals surface area (Å²) >= 11 is 0. The topological polar surface area (TPSA) is 91.3 Å². The zero-order chi connectivity index (χ0) is 24.0. The Balaban J connectivity index is 0.000000228. The number of unbranched alkanes of at least 4 members (excludes halogenated alkanes) is 2. The SMILES string of the molecule is CC1(C)C2CCC1(CS(=O)(=O)[O-])C(=O)C2.CCCC[S+](CCCC)CC(=O)C1CCCC1. The summed E-state index contributed by atoms with van der Waals surface area (Å²) in [6.07, 6.45) is 12.0. The average molecular weight is 489 g/mol. The molecule has 0 amide bonds. The zero-order valence-electron chi connectivity index (χ0n) is 20.6. The quantitative estimate of drug-likeness (QED) is 0.305. The van der Waals surface area contributed by atoms with Gasteiger partial charge in [0.2, 0.25) is 0 Å². The van der Waals surface area contributed by atoms with Crippen LogP contribution in [0.25, 0.3) is 0 Å². The van der Waals surface area contributed by atoms with Crippen molar-refractivity contribution in [3.05, 3.63) is 0 Å². The highest BCUT2D eigenvalue weighted by Crippen LogP contribution is 2.64. The number of ketones is 2. The van der Waals surface area contributed by atoms with E-state index in [1.165, 1.54) is 62.9 Å². The van der Waals surface area contributed by atoms with Gasteiger partial charge in [0.25, 0.3) is 0 Å². The number of rotatable bonds is 11. The highest BCUT2D eigenvalue weighted by molar-refractivity contribution is 7.97. The van der Waals surface area contributed by atoms with Gasteiger partial charge in [0.15, 0.2) is 11.5 Å². The molecule has 0 spiro atoms. The van der Waals surface area contributed by atoms with Crippen molar-refractivity contribution in [3.8, 4) is 0 Å². The molecule has 0 heterocycles. The smallest absolute Gasteiger partial charge is 0.184 e. The molecule has 5 nitrogen and oxygen atoms in total. The lowest BCUT2D eigenvalue weighted by Crippen LogP contribution is -2.42. The van der Waals surface area contributed by atoms with Gasteiger partial charge in [-0.3, -0.25) is 9.59 Å². The predicted molar refractivity (Wildman–Crippen MR) is 132 cm³/mol. The summed E-state index contributed by atoms with van der Waals surface area (Å²) in [7, 11) is -3.93. The molecule has 0 aromatic rings. The number of carbonyl (C=O) groups excluding carboxylic acids is 2. The van der Waals surface area contributed by atoms with Crippen LogP contribution >= 0.6 is 0 Å². The van der Waals surface area contributed by atoms with E-state index in [-0.39, 0.29) is 17.1 Å². The Kier molecular flexibility index (Phi) is 10.3. The molecule has 7 heteroatoms. The van der Waals surface area contributed by atoms with E-state index < -0.39 is 21.3 Å². The van der Waals surface area contributed by atoms with Gasteiger partial charge in [-0.25, -0.2) is 8.42 Å². The van der Waals surface area contributed by atoms with Crippen molar-refractivity contribution >= 4 is 32.6 Å². The second-order valence-corrected chi connectivity index (χ2v) is 14.4. The van der Waals surface area contributed by atoms with Crippen LogP contribution in [0.5, 0.6) is 0 Å². The Hall–Kier alpha value is -0.400. The van der Waals surface area contributed by atoms with E-state index in [0.29, 0.717) is 35.4 Å². The summed E-state index contributed by atoms with van der Waals surface area (Å²) in [5.74, 6) is 4.26. The molecule has 0 radical (unpaired) electrons. The van der Waals surface area contributed by atoms with E-state index >= 15 is 0 Å². The van der Waals surface area contributed by atoms with Crippen LogP contribution < -0.4 is 0 Å². The molecule has 32 heavy (non-hydrogen) atoms. The fourth-order valence-electron chi connectivity index (χ4n) is 5.92. The molecule has 3 fully saturated rings.